The van der Waals surface area contributed by atoms with E-state index in [9.17, 15) is 4.79 Å². The maximum Gasteiger partial charge on any atom is 0.331 e. The van der Waals surface area contributed by atoms with E-state index < -0.39 is 5.60 Å². The molecule has 4 nitrogen and oxygen atoms in total. The van der Waals surface area contributed by atoms with Crippen LogP contribution in [0.1, 0.15) is 27.7 Å². The van der Waals surface area contributed by atoms with Gasteiger partial charge < -0.3 is 14.2 Å². The van der Waals surface area contributed by atoms with Crippen molar-refractivity contribution >= 4 is 5.97 Å². The van der Waals surface area contributed by atoms with Crippen LogP contribution in [0.25, 0.3) is 0 Å². The molecule has 0 aromatic carbocycles. The lowest BCUT2D eigenvalue weighted by Gasteiger charge is -2.18. The first-order chi connectivity index (χ1) is 6.85. The molecule has 0 aromatic heterocycles. The largest absolute Gasteiger partial charge is 0.457 e. The van der Waals surface area contributed by atoms with Gasteiger partial charge in [0.1, 0.15) is 12.4 Å². The predicted molar refractivity (Wildman–Crippen MR) is 57.4 cm³/mol. The number of hydrogen-bond acceptors (Lipinski definition) is 4. The van der Waals surface area contributed by atoms with Crippen molar-refractivity contribution in [3.8, 4) is 0 Å². The fourth-order valence-electron chi connectivity index (χ4n) is 0.781. The highest BCUT2D eigenvalue weighted by molar-refractivity contribution is 5.82. The highest BCUT2D eigenvalue weighted by Crippen LogP contribution is 2.07. The molecule has 0 spiro atoms. The molecule has 1 atom stereocenters. The molecule has 0 radical (unpaired) electrons. The third-order valence-electron chi connectivity index (χ3n) is 1.36. The summed E-state index contributed by atoms with van der Waals surface area (Å²) in [5.74, 6) is -0.365. The highest BCUT2D eigenvalue weighted by Gasteiger charge is 2.13. The Morgan fingerprint density at radius 3 is 2.47 bits per heavy atom. The molecule has 0 aliphatic carbocycles. The van der Waals surface area contributed by atoms with Crippen molar-refractivity contribution < 1.29 is 19.0 Å². The molecule has 0 aliphatic rings. The van der Waals surface area contributed by atoms with Gasteiger partial charge in [0.05, 0.1) is 6.10 Å². The molecular weight excluding hydrogens is 196 g/mol. The van der Waals surface area contributed by atoms with E-state index in [2.05, 4.69) is 0 Å². The fraction of sp³-hybridized carbons (Fsp3) is 0.727. The average Bonchev–Trinajstić information content (AvgIpc) is 2.08. The number of rotatable bonds is 5. The van der Waals surface area contributed by atoms with E-state index in [1.54, 1.807) is 13.2 Å². The van der Waals surface area contributed by atoms with Crippen LogP contribution < -0.4 is 0 Å². The van der Waals surface area contributed by atoms with Crippen LogP contribution in [0.3, 0.4) is 0 Å². The molecule has 0 aromatic rings. The molecular formula is C11H20O4. The highest BCUT2D eigenvalue weighted by atomic mass is 16.7. The molecule has 0 aliphatic heterocycles. The van der Waals surface area contributed by atoms with Crippen molar-refractivity contribution in [2.45, 2.75) is 39.4 Å². The van der Waals surface area contributed by atoms with Gasteiger partial charge >= 0.3 is 5.97 Å². The molecule has 0 rings (SSSR count). The van der Waals surface area contributed by atoms with Gasteiger partial charge in [0.25, 0.3) is 0 Å². The minimum absolute atomic E-state index is 0.169. The number of carbonyl (C=O) groups is 1. The van der Waals surface area contributed by atoms with Gasteiger partial charge in [-0.05, 0) is 33.8 Å². The number of esters is 1. The summed E-state index contributed by atoms with van der Waals surface area (Å²) in [5.41, 5.74) is -0.460. The summed E-state index contributed by atoms with van der Waals surface area (Å²) in [5, 5.41) is 0. The minimum atomic E-state index is -0.460. The molecule has 0 saturated heterocycles. The summed E-state index contributed by atoms with van der Waals surface area (Å²) in [6.07, 6.45) is 2.83. The number of methoxy groups -OCH3 is 1. The molecule has 0 saturated carbocycles. The van der Waals surface area contributed by atoms with Crippen LogP contribution >= 0.6 is 0 Å². The molecule has 0 amide bonds. The first-order valence-electron chi connectivity index (χ1n) is 4.87. The number of hydrogen-bond donors (Lipinski definition) is 0. The smallest absolute Gasteiger partial charge is 0.331 e. The molecule has 0 bridgehead atoms. The molecule has 15 heavy (non-hydrogen) atoms. The SMILES string of the molecule is COCO[C@@H](C)/C=C/C(=O)OC(C)(C)C. The minimum Gasteiger partial charge on any atom is -0.457 e. The van der Waals surface area contributed by atoms with E-state index >= 15 is 0 Å². The summed E-state index contributed by atoms with van der Waals surface area (Å²) in [7, 11) is 1.55. The Kier molecular flexibility index (Phi) is 6.20. The summed E-state index contributed by atoms with van der Waals surface area (Å²) in [6.45, 7) is 7.50. The lowest BCUT2D eigenvalue weighted by molar-refractivity contribution is -0.148. The van der Waals surface area contributed by atoms with Crippen LogP contribution in [0.4, 0.5) is 0 Å². The van der Waals surface area contributed by atoms with Crippen LogP contribution in [0.5, 0.6) is 0 Å². The molecule has 0 heterocycles. The van der Waals surface area contributed by atoms with Crippen molar-refractivity contribution in [3.05, 3.63) is 12.2 Å². The molecule has 0 fully saturated rings. The average molecular weight is 216 g/mol. The van der Waals surface area contributed by atoms with Crippen molar-refractivity contribution in [2.24, 2.45) is 0 Å². The van der Waals surface area contributed by atoms with Gasteiger partial charge in [-0.25, -0.2) is 4.79 Å². The zero-order chi connectivity index (χ0) is 11.9. The van der Waals surface area contributed by atoms with Crippen molar-refractivity contribution in [1.82, 2.24) is 0 Å². The maximum atomic E-state index is 11.2. The first-order valence-corrected chi connectivity index (χ1v) is 4.87. The molecule has 0 unspecified atom stereocenters. The maximum absolute atomic E-state index is 11.2. The molecule has 4 heteroatoms. The lowest BCUT2D eigenvalue weighted by atomic mass is 10.2. The summed E-state index contributed by atoms with van der Waals surface area (Å²) in [6, 6.07) is 0. The van der Waals surface area contributed by atoms with Gasteiger partial charge in [0.2, 0.25) is 0 Å². The van der Waals surface area contributed by atoms with Gasteiger partial charge in [0.15, 0.2) is 0 Å². The van der Waals surface area contributed by atoms with Gasteiger partial charge in [-0.1, -0.05) is 0 Å². The Morgan fingerprint density at radius 1 is 1.40 bits per heavy atom. The Hall–Kier alpha value is -0.870. The third-order valence-corrected chi connectivity index (χ3v) is 1.36. The summed E-state index contributed by atoms with van der Waals surface area (Å²) in [4.78, 5) is 11.2. The van der Waals surface area contributed by atoms with Crippen LogP contribution in [0, 0.1) is 0 Å². The summed E-state index contributed by atoms with van der Waals surface area (Å²) >= 11 is 0. The predicted octanol–water partition coefficient (Wildman–Crippen LogP) is 1.89. The van der Waals surface area contributed by atoms with E-state index in [0.29, 0.717) is 0 Å². The van der Waals surface area contributed by atoms with Crippen LogP contribution in [0.2, 0.25) is 0 Å². The first kappa shape index (κ1) is 14.1. The Morgan fingerprint density at radius 2 is 2.00 bits per heavy atom. The van der Waals surface area contributed by atoms with Gasteiger partial charge in [-0.15, -0.1) is 0 Å². The molecule has 88 valence electrons. The van der Waals surface area contributed by atoms with Crippen molar-refractivity contribution in [3.63, 3.8) is 0 Å². The zero-order valence-corrected chi connectivity index (χ0v) is 10.1. The lowest BCUT2D eigenvalue weighted by Crippen LogP contribution is -2.22. The van der Waals surface area contributed by atoms with E-state index in [1.165, 1.54) is 6.08 Å². The van der Waals surface area contributed by atoms with Crippen LogP contribution in [0.15, 0.2) is 12.2 Å². The van der Waals surface area contributed by atoms with Crippen LogP contribution in [-0.4, -0.2) is 31.6 Å². The van der Waals surface area contributed by atoms with E-state index in [4.69, 9.17) is 14.2 Å². The normalized spacial score (nSPS) is 14.2. The number of carbonyl (C=O) groups excluding carboxylic acids is 1. The second-order valence-corrected chi connectivity index (χ2v) is 4.17. The Bertz CT molecular complexity index is 215. The topological polar surface area (TPSA) is 44.8 Å². The fourth-order valence-corrected chi connectivity index (χ4v) is 0.781. The Balaban J connectivity index is 3.90. The zero-order valence-electron chi connectivity index (χ0n) is 10.1. The van der Waals surface area contributed by atoms with Gasteiger partial charge in [-0.2, -0.15) is 0 Å². The monoisotopic (exact) mass is 216 g/mol. The van der Waals surface area contributed by atoms with E-state index in [1.807, 2.05) is 27.7 Å². The van der Waals surface area contributed by atoms with E-state index in [0.717, 1.165) is 0 Å². The molecule has 0 N–H and O–H groups in total. The van der Waals surface area contributed by atoms with Gasteiger partial charge in [-0.3, -0.25) is 0 Å². The van der Waals surface area contributed by atoms with Crippen molar-refractivity contribution in [2.75, 3.05) is 13.9 Å². The standard InChI is InChI=1S/C11H20O4/c1-9(14-8-13-5)6-7-10(12)15-11(2,3)4/h6-7,9H,8H2,1-5H3/b7-6+/t9-/m0/s1. The second-order valence-electron chi connectivity index (χ2n) is 4.17. The summed E-state index contributed by atoms with van der Waals surface area (Å²) < 4.78 is 15.0. The van der Waals surface area contributed by atoms with Crippen LogP contribution in [-0.2, 0) is 19.0 Å². The number of ether oxygens (including phenoxy) is 3. The van der Waals surface area contributed by atoms with E-state index in [-0.39, 0.29) is 18.9 Å². The third kappa shape index (κ3) is 9.43. The van der Waals surface area contributed by atoms with Crippen molar-refractivity contribution in [1.29, 1.82) is 0 Å². The quantitative estimate of drug-likeness (QED) is 0.400. The Labute approximate surface area is 91.2 Å². The second kappa shape index (κ2) is 6.58. The van der Waals surface area contributed by atoms with Gasteiger partial charge in [0, 0.05) is 13.2 Å².